The Labute approximate surface area is 134 Å². The number of hydrogen-bond acceptors (Lipinski definition) is 5. The number of benzene rings is 1. The summed E-state index contributed by atoms with van der Waals surface area (Å²) >= 11 is 0. The molecule has 24 heavy (non-hydrogen) atoms. The largest absolute Gasteiger partial charge is 0.504 e. The van der Waals surface area contributed by atoms with Crippen LogP contribution in [0.1, 0.15) is 22.6 Å². The van der Waals surface area contributed by atoms with Gasteiger partial charge in [-0.1, -0.05) is 12.1 Å². The number of fused-ring (bicyclic) bond motifs is 1. The minimum atomic E-state index is -4.72. The van der Waals surface area contributed by atoms with Crippen molar-refractivity contribution in [2.24, 2.45) is 0 Å². The van der Waals surface area contributed by atoms with Crippen LogP contribution in [0.25, 0.3) is 0 Å². The summed E-state index contributed by atoms with van der Waals surface area (Å²) < 4.78 is 38.3. The summed E-state index contributed by atoms with van der Waals surface area (Å²) in [5.74, 6) is -1.84. The van der Waals surface area contributed by atoms with E-state index in [9.17, 15) is 28.2 Å². The van der Waals surface area contributed by atoms with Crippen LogP contribution in [-0.2, 0) is 25.7 Å². The number of halogens is 3. The van der Waals surface area contributed by atoms with Crippen LogP contribution in [0.2, 0.25) is 0 Å². The predicted octanol–water partition coefficient (Wildman–Crippen LogP) is 1.76. The Bertz CT molecular complexity index is 833. The molecule has 0 saturated carbocycles. The lowest BCUT2D eigenvalue weighted by molar-refractivity contribution is -0.145. The molecule has 6 nitrogen and oxygen atoms in total. The number of rotatable bonds is 2. The van der Waals surface area contributed by atoms with Crippen molar-refractivity contribution in [3.63, 3.8) is 0 Å². The molecular weight excluding hydrogens is 327 g/mol. The maximum absolute atomic E-state index is 12.8. The first-order valence-corrected chi connectivity index (χ1v) is 7.17. The highest BCUT2D eigenvalue weighted by atomic mass is 19.4. The fourth-order valence-electron chi connectivity index (χ4n) is 2.71. The average molecular weight is 341 g/mol. The Hall–Kier alpha value is -2.55. The van der Waals surface area contributed by atoms with Crippen molar-refractivity contribution < 1.29 is 23.4 Å². The number of hydrogen-bond donors (Lipinski definition) is 3. The maximum atomic E-state index is 12.8. The van der Waals surface area contributed by atoms with Gasteiger partial charge in [-0.2, -0.15) is 13.2 Å². The zero-order valence-electron chi connectivity index (χ0n) is 12.4. The molecule has 0 atom stereocenters. The highest BCUT2D eigenvalue weighted by Crippen LogP contribution is 2.30. The molecule has 0 aliphatic carbocycles. The number of nitrogens with one attached hydrogen (secondary N) is 1. The molecule has 0 spiro atoms. The van der Waals surface area contributed by atoms with Crippen molar-refractivity contribution in [2.45, 2.75) is 25.7 Å². The minimum Gasteiger partial charge on any atom is -0.504 e. The highest BCUT2D eigenvalue weighted by molar-refractivity contribution is 5.44. The zero-order valence-corrected chi connectivity index (χ0v) is 12.4. The van der Waals surface area contributed by atoms with Crippen molar-refractivity contribution in [1.29, 1.82) is 0 Å². The summed E-state index contributed by atoms with van der Waals surface area (Å²) in [6.45, 7) is 0.700. The molecule has 0 bridgehead atoms. The second kappa shape index (κ2) is 5.82. The number of phenols is 2. The summed E-state index contributed by atoms with van der Waals surface area (Å²) in [6, 6.07) is 4.50. The molecule has 1 aromatic heterocycles. The van der Waals surface area contributed by atoms with E-state index in [1.807, 2.05) is 0 Å². The molecule has 3 N–H and O–H groups in total. The van der Waals surface area contributed by atoms with Gasteiger partial charge in [0.2, 0.25) is 5.82 Å². The standard InChI is InChI=1S/C15H14F3N3O3/c16-15(17,18)14-19-10-7-21(5-4-9(10)13(24)20-14)6-8-2-1-3-11(22)12(8)23/h1-3,22-23H,4-7H2,(H,19,20,24). The van der Waals surface area contributed by atoms with Gasteiger partial charge in [-0.25, -0.2) is 4.98 Å². The van der Waals surface area contributed by atoms with Crippen molar-refractivity contribution in [3.05, 3.63) is 51.2 Å². The topological polar surface area (TPSA) is 89.5 Å². The fraction of sp³-hybridized carbons (Fsp3) is 0.333. The second-order valence-corrected chi connectivity index (χ2v) is 5.58. The Morgan fingerprint density at radius 3 is 2.75 bits per heavy atom. The Morgan fingerprint density at radius 2 is 2.04 bits per heavy atom. The van der Waals surface area contributed by atoms with E-state index in [-0.39, 0.29) is 42.3 Å². The van der Waals surface area contributed by atoms with E-state index in [4.69, 9.17) is 0 Å². The van der Waals surface area contributed by atoms with Crippen LogP contribution in [0.15, 0.2) is 23.0 Å². The molecule has 2 heterocycles. The summed E-state index contributed by atoms with van der Waals surface area (Å²) in [6.07, 6.45) is -4.46. The third-order valence-corrected chi connectivity index (χ3v) is 3.91. The van der Waals surface area contributed by atoms with Gasteiger partial charge >= 0.3 is 6.18 Å². The zero-order chi connectivity index (χ0) is 17.5. The van der Waals surface area contributed by atoms with Crippen LogP contribution in [0, 0.1) is 0 Å². The van der Waals surface area contributed by atoms with Gasteiger partial charge in [-0.15, -0.1) is 0 Å². The molecule has 0 amide bonds. The lowest BCUT2D eigenvalue weighted by atomic mass is 10.1. The van der Waals surface area contributed by atoms with E-state index in [1.165, 1.54) is 6.07 Å². The third kappa shape index (κ3) is 3.07. The van der Waals surface area contributed by atoms with Gasteiger partial charge in [0.1, 0.15) is 0 Å². The molecule has 0 fully saturated rings. The van der Waals surface area contributed by atoms with Crippen molar-refractivity contribution in [1.82, 2.24) is 14.9 Å². The molecule has 1 aromatic carbocycles. The van der Waals surface area contributed by atoms with E-state index >= 15 is 0 Å². The van der Waals surface area contributed by atoms with Crippen LogP contribution in [-0.4, -0.2) is 31.6 Å². The number of nitrogens with zero attached hydrogens (tertiary/aromatic N) is 2. The lowest BCUT2D eigenvalue weighted by Crippen LogP contribution is -2.36. The van der Waals surface area contributed by atoms with Crippen LogP contribution in [0.5, 0.6) is 11.5 Å². The van der Waals surface area contributed by atoms with Gasteiger partial charge in [0.15, 0.2) is 11.5 Å². The number of aromatic amines is 1. The van der Waals surface area contributed by atoms with Gasteiger partial charge in [0, 0.05) is 30.8 Å². The van der Waals surface area contributed by atoms with Crippen molar-refractivity contribution >= 4 is 0 Å². The smallest absolute Gasteiger partial charge is 0.449 e. The van der Waals surface area contributed by atoms with E-state index in [2.05, 4.69) is 4.98 Å². The molecule has 1 aliphatic rings. The highest BCUT2D eigenvalue weighted by Gasteiger charge is 2.36. The number of para-hydroxylation sites is 1. The van der Waals surface area contributed by atoms with Gasteiger partial charge in [0.25, 0.3) is 5.56 Å². The van der Waals surface area contributed by atoms with E-state index in [1.54, 1.807) is 22.0 Å². The fourth-order valence-corrected chi connectivity index (χ4v) is 2.71. The van der Waals surface area contributed by atoms with E-state index < -0.39 is 17.6 Å². The molecule has 3 rings (SSSR count). The monoisotopic (exact) mass is 341 g/mol. The van der Waals surface area contributed by atoms with E-state index in [0.29, 0.717) is 12.1 Å². The number of aromatic nitrogens is 2. The number of alkyl halides is 3. The molecule has 0 saturated heterocycles. The lowest BCUT2D eigenvalue weighted by Gasteiger charge is -2.28. The first-order chi connectivity index (χ1) is 11.3. The van der Waals surface area contributed by atoms with Gasteiger partial charge in [-0.05, 0) is 12.5 Å². The minimum absolute atomic E-state index is 0.0530. The molecule has 2 aromatic rings. The molecule has 0 unspecified atom stereocenters. The van der Waals surface area contributed by atoms with Crippen LogP contribution < -0.4 is 5.56 Å². The number of phenolic OH excluding ortho intramolecular Hbond substituents is 2. The maximum Gasteiger partial charge on any atom is 0.449 e. The first kappa shape index (κ1) is 16.3. The Balaban J connectivity index is 1.87. The summed E-state index contributed by atoms with van der Waals surface area (Å²) in [4.78, 5) is 18.9. The second-order valence-electron chi connectivity index (χ2n) is 5.58. The molecule has 9 heteroatoms. The molecule has 128 valence electrons. The molecule has 0 radical (unpaired) electrons. The quantitative estimate of drug-likeness (QED) is 0.724. The van der Waals surface area contributed by atoms with E-state index in [0.717, 1.165) is 0 Å². The summed E-state index contributed by atoms with van der Waals surface area (Å²) in [5.41, 5.74) is 0.00265. The van der Waals surface area contributed by atoms with Gasteiger partial charge < -0.3 is 15.2 Å². The Morgan fingerprint density at radius 1 is 1.29 bits per heavy atom. The average Bonchev–Trinajstić information content (AvgIpc) is 2.50. The van der Waals surface area contributed by atoms with Crippen LogP contribution >= 0.6 is 0 Å². The normalized spacial score (nSPS) is 15.3. The predicted molar refractivity (Wildman–Crippen MR) is 77.4 cm³/mol. The summed E-state index contributed by atoms with van der Waals surface area (Å²) in [5, 5.41) is 19.3. The van der Waals surface area contributed by atoms with Gasteiger partial charge in [0.05, 0.1) is 5.69 Å². The molecule has 1 aliphatic heterocycles. The number of H-pyrrole nitrogens is 1. The van der Waals surface area contributed by atoms with Crippen molar-refractivity contribution in [3.8, 4) is 11.5 Å². The first-order valence-electron chi connectivity index (χ1n) is 7.17. The third-order valence-electron chi connectivity index (χ3n) is 3.91. The van der Waals surface area contributed by atoms with Crippen LogP contribution in [0.4, 0.5) is 13.2 Å². The van der Waals surface area contributed by atoms with Gasteiger partial charge in [-0.3, -0.25) is 9.69 Å². The number of aromatic hydroxyl groups is 2. The Kier molecular flexibility index (Phi) is 3.96. The van der Waals surface area contributed by atoms with Crippen LogP contribution in [0.3, 0.4) is 0 Å². The molecular formula is C15H14F3N3O3. The van der Waals surface area contributed by atoms with Crippen molar-refractivity contribution in [2.75, 3.05) is 6.54 Å². The summed E-state index contributed by atoms with van der Waals surface area (Å²) in [7, 11) is 0. The SMILES string of the molecule is O=c1[nH]c(C(F)(F)F)nc2c1CCN(Cc1cccc(O)c1O)C2.